The second-order valence-electron chi connectivity index (χ2n) is 6.62. The van der Waals surface area contributed by atoms with Crippen molar-refractivity contribution in [3.05, 3.63) is 84.2 Å². The lowest BCUT2D eigenvalue weighted by Gasteiger charge is -2.09. The highest BCUT2D eigenvalue weighted by atomic mass is 16.1. The maximum atomic E-state index is 12.7. The van der Waals surface area contributed by atoms with Gasteiger partial charge < -0.3 is 10.6 Å². The van der Waals surface area contributed by atoms with Crippen LogP contribution >= 0.6 is 0 Å². The Balaban J connectivity index is 1.49. The Morgan fingerprint density at radius 3 is 2.59 bits per heavy atom. The van der Waals surface area contributed by atoms with Crippen LogP contribution in [-0.4, -0.2) is 30.6 Å². The molecule has 8 nitrogen and oxygen atoms in total. The fraction of sp³-hybridized carbons (Fsp3) is 0.0952. The highest BCUT2D eigenvalue weighted by Crippen LogP contribution is 2.17. The molecule has 0 aromatic carbocycles. The van der Waals surface area contributed by atoms with Gasteiger partial charge in [-0.1, -0.05) is 6.07 Å². The van der Waals surface area contributed by atoms with Gasteiger partial charge in [0.2, 0.25) is 0 Å². The number of amides is 1. The fourth-order valence-corrected chi connectivity index (χ4v) is 2.69. The van der Waals surface area contributed by atoms with Crippen LogP contribution < -0.4 is 10.6 Å². The van der Waals surface area contributed by atoms with Gasteiger partial charge in [-0.2, -0.15) is 5.10 Å². The fourth-order valence-electron chi connectivity index (χ4n) is 2.69. The van der Waals surface area contributed by atoms with Crippen molar-refractivity contribution in [3.8, 4) is 5.69 Å². The summed E-state index contributed by atoms with van der Waals surface area (Å²) in [6, 6.07) is 8.95. The van der Waals surface area contributed by atoms with Crippen molar-refractivity contribution in [2.75, 3.05) is 10.6 Å². The van der Waals surface area contributed by atoms with E-state index in [9.17, 15) is 4.79 Å². The normalized spacial score (nSPS) is 10.6. The molecule has 0 aliphatic heterocycles. The first-order valence-corrected chi connectivity index (χ1v) is 9.00. The minimum atomic E-state index is -0.261. The predicted molar refractivity (Wildman–Crippen MR) is 111 cm³/mol. The molecule has 4 aromatic heterocycles. The van der Waals surface area contributed by atoms with Crippen molar-refractivity contribution in [1.29, 1.82) is 0 Å². The van der Waals surface area contributed by atoms with Crippen molar-refractivity contribution < 1.29 is 4.79 Å². The number of nitrogens with zero attached hydrogens (tertiary/aromatic N) is 5. The van der Waals surface area contributed by atoms with E-state index < -0.39 is 0 Å². The first-order valence-electron chi connectivity index (χ1n) is 9.00. The topological polar surface area (TPSA) is 97.6 Å². The lowest BCUT2D eigenvalue weighted by molar-refractivity contribution is 0.102. The van der Waals surface area contributed by atoms with Gasteiger partial charge in [0.15, 0.2) is 0 Å². The summed E-state index contributed by atoms with van der Waals surface area (Å²) in [7, 11) is 0. The Morgan fingerprint density at radius 2 is 1.83 bits per heavy atom. The van der Waals surface area contributed by atoms with Crippen LogP contribution in [0, 0.1) is 13.8 Å². The largest absolute Gasteiger partial charge is 0.325 e. The van der Waals surface area contributed by atoms with Crippen molar-refractivity contribution in [3.63, 3.8) is 0 Å². The van der Waals surface area contributed by atoms with Gasteiger partial charge in [0.1, 0.15) is 11.6 Å². The minimum Gasteiger partial charge on any atom is -0.325 e. The summed E-state index contributed by atoms with van der Waals surface area (Å²) >= 11 is 0. The third-order valence-corrected chi connectivity index (χ3v) is 4.15. The predicted octanol–water partition coefficient (Wildman–Crippen LogP) is 3.67. The summed E-state index contributed by atoms with van der Waals surface area (Å²) in [6.45, 7) is 3.93. The van der Waals surface area contributed by atoms with E-state index in [4.69, 9.17) is 0 Å². The van der Waals surface area contributed by atoms with Crippen LogP contribution in [0.1, 0.15) is 21.5 Å². The molecule has 0 aliphatic carbocycles. The highest BCUT2D eigenvalue weighted by molar-refractivity contribution is 6.04. The van der Waals surface area contributed by atoms with Crippen LogP contribution in [0.3, 0.4) is 0 Å². The molecule has 0 saturated carbocycles. The molecule has 4 rings (SSSR count). The Morgan fingerprint density at radius 1 is 0.931 bits per heavy atom. The molecule has 0 aliphatic rings. The quantitative estimate of drug-likeness (QED) is 0.544. The summed E-state index contributed by atoms with van der Waals surface area (Å²) in [5.74, 6) is 0.933. The van der Waals surface area contributed by atoms with Crippen molar-refractivity contribution in [2.45, 2.75) is 13.8 Å². The van der Waals surface area contributed by atoms with Crippen LogP contribution in [0.5, 0.6) is 0 Å². The molecule has 8 heteroatoms. The van der Waals surface area contributed by atoms with E-state index >= 15 is 0 Å². The molecule has 0 saturated heterocycles. The SMILES string of the molecule is Cc1ccc(Nc2cc(C(=O)Nc3cncc(-n4cc(C)cn4)c3)ccn2)nc1. The molecule has 0 spiro atoms. The summed E-state index contributed by atoms with van der Waals surface area (Å²) < 4.78 is 1.71. The van der Waals surface area contributed by atoms with Crippen LogP contribution in [0.15, 0.2) is 67.5 Å². The van der Waals surface area contributed by atoms with Crippen LogP contribution in [0.4, 0.5) is 17.3 Å². The summed E-state index contributed by atoms with van der Waals surface area (Å²) in [6.07, 6.45) is 10.3. The molecule has 0 unspecified atom stereocenters. The van der Waals surface area contributed by atoms with E-state index in [1.165, 1.54) is 0 Å². The zero-order valence-electron chi connectivity index (χ0n) is 16.0. The molecule has 144 valence electrons. The number of carbonyl (C=O) groups excluding carboxylic acids is 1. The third kappa shape index (κ3) is 4.44. The number of hydrogen-bond acceptors (Lipinski definition) is 6. The molecule has 0 bridgehead atoms. The number of rotatable bonds is 5. The molecule has 0 radical (unpaired) electrons. The van der Waals surface area contributed by atoms with Gasteiger partial charge in [-0.05, 0) is 49.2 Å². The lowest BCUT2D eigenvalue weighted by atomic mass is 10.2. The van der Waals surface area contributed by atoms with Gasteiger partial charge in [-0.15, -0.1) is 0 Å². The first kappa shape index (κ1) is 18.3. The summed E-state index contributed by atoms with van der Waals surface area (Å²) in [5, 5.41) is 10.2. The van der Waals surface area contributed by atoms with Gasteiger partial charge >= 0.3 is 0 Å². The molecular formula is C21H19N7O. The Bertz CT molecular complexity index is 1150. The van der Waals surface area contributed by atoms with Crippen LogP contribution in [-0.2, 0) is 0 Å². The Kier molecular flexibility index (Phi) is 4.98. The molecule has 0 fully saturated rings. The average Bonchev–Trinajstić information content (AvgIpc) is 3.17. The van der Waals surface area contributed by atoms with Crippen molar-refractivity contribution in [1.82, 2.24) is 24.7 Å². The monoisotopic (exact) mass is 385 g/mol. The average molecular weight is 385 g/mol. The zero-order valence-corrected chi connectivity index (χ0v) is 16.0. The van der Waals surface area contributed by atoms with Gasteiger partial charge in [0.05, 0.1) is 30.0 Å². The van der Waals surface area contributed by atoms with Gasteiger partial charge in [0.25, 0.3) is 5.91 Å². The zero-order chi connectivity index (χ0) is 20.2. The number of carbonyl (C=O) groups is 1. The number of aromatic nitrogens is 5. The van der Waals surface area contributed by atoms with Gasteiger partial charge in [0, 0.05) is 24.2 Å². The van der Waals surface area contributed by atoms with Gasteiger partial charge in [-0.25, -0.2) is 14.6 Å². The highest BCUT2D eigenvalue weighted by Gasteiger charge is 2.09. The second-order valence-corrected chi connectivity index (χ2v) is 6.62. The van der Waals surface area contributed by atoms with Crippen molar-refractivity contribution >= 4 is 23.2 Å². The molecule has 0 atom stereocenters. The van der Waals surface area contributed by atoms with E-state index in [2.05, 4.69) is 30.7 Å². The second kappa shape index (κ2) is 7.89. The number of aryl methyl sites for hydroxylation is 2. The number of pyridine rings is 3. The van der Waals surface area contributed by atoms with E-state index in [1.54, 1.807) is 47.8 Å². The summed E-state index contributed by atoms with van der Waals surface area (Å²) in [5.41, 5.74) is 3.91. The summed E-state index contributed by atoms with van der Waals surface area (Å²) in [4.78, 5) is 25.4. The third-order valence-electron chi connectivity index (χ3n) is 4.15. The smallest absolute Gasteiger partial charge is 0.255 e. The lowest BCUT2D eigenvalue weighted by Crippen LogP contribution is -2.13. The number of anilines is 3. The minimum absolute atomic E-state index is 0.261. The van der Waals surface area contributed by atoms with E-state index in [1.807, 2.05) is 38.2 Å². The standard InChI is InChI=1S/C21H19N7O/c1-14-3-4-19(24-9-14)27-20-7-16(5-6-23-20)21(29)26-17-8-18(12-22-11-17)28-13-15(2)10-25-28/h3-13H,1-2H3,(H,26,29)(H,23,24,27). The molecular weight excluding hydrogens is 366 g/mol. The molecule has 4 aromatic rings. The maximum absolute atomic E-state index is 12.7. The molecule has 29 heavy (non-hydrogen) atoms. The number of nitrogens with one attached hydrogen (secondary N) is 2. The van der Waals surface area contributed by atoms with Gasteiger partial charge in [-0.3, -0.25) is 9.78 Å². The Labute approximate surface area is 167 Å². The van der Waals surface area contributed by atoms with E-state index in [-0.39, 0.29) is 5.91 Å². The van der Waals surface area contributed by atoms with Crippen LogP contribution in [0.2, 0.25) is 0 Å². The van der Waals surface area contributed by atoms with E-state index in [0.29, 0.717) is 22.9 Å². The molecule has 1 amide bonds. The van der Waals surface area contributed by atoms with Crippen LogP contribution in [0.25, 0.3) is 5.69 Å². The van der Waals surface area contributed by atoms with E-state index in [0.717, 1.165) is 16.8 Å². The first-order chi connectivity index (χ1) is 14.1. The molecule has 4 heterocycles. The maximum Gasteiger partial charge on any atom is 0.255 e. The van der Waals surface area contributed by atoms with Crippen molar-refractivity contribution in [2.24, 2.45) is 0 Å². The number of hydrogen-bond donors (Lipinski definition) is 2. The molecule has 2 N–H and O–H groups in total. The Hall–Kier alpha value is -4.07.